The second-order valence-electron chi connectivity index (χ2n) is 3.82. The Kier molecular flexibility index (Phi) is 5.18. The number of benzene rings is 1. The van der Waals surface area contributed by atoms with Crippen LogP contribution in [0.4, 0.5) is 5.69 Å². The van der Waals surface area contributed by atoms with E-state index in [1.165, 1.54) is 17.8 Å². The summed E-state index contributed by atoms with van der Waals surface area (Å²) >= 11 is 3.06. The lowest BCUT2D eigenvalue weighted by molar-refractivity contribution is -0.387. The molecule has 0 aliphatic carbocycles. The van der Waals surface area contributed by atoms with Crippen molar-refractivity contribution in [3.8, 4) is 11.8 Å². The minimum atomic E-state index is -0.352. The Morgan fingerprint density at radius 3 is 2.95 bits per heavy atom. The predicted molar refractivity (Wildman–Crippen MR) is 82.9 cm³/mol. The van der Waals surface area contributed by atoms with Crippen LogP contribution in [0.1, 0.15) is 10.4 Å². The number of nitrogens with zero attached hydrogens (tertiary/aromatic N) is 1. The lowest BCUT2D eigenvalue weighted by Crippen LogP contribution is -1.92. The van der Waals surface area contributed by atoms with E-state index in [1.807, 2.05) is 17.5 Å². The van der Waals surface area contributed by atoms with Gasteiger partial charge in [0.2, 0.25) is 0 Å². The number of hydrogen-bond acceptors (Lipinski definition) is 5. The number of nitrogens with two attached hydrogens (primary N) is 1. The van der Waals surface area contributed by atoms with E-state index in [2.05, 4.69) is 11.8 Å². The van der Waals surface area contributed by atoms with Crippen LogP contribution in [0, 0.1) is 22.0 Å². The van der Waals surface area contributed by atoms with Gasteiger partial charge < -0.3 is 5.73 Å². The molecule has 4 nitrogen and oxygen atoms in total. The van der Waals surface area contributed by atoms with E-state index in [0.29, 0.717) is 17.2 Å². The Hall–Kier alpha value is -1.81. The Morgan fingerprint density at radius 1 is 1.40 bits per heavy atom. The summed E-state index contributed by atoms with van der Waals surface area (Å²) in [5.41, 5.74) is 6.42. The topological polar surface area (TPSA) is 69.2 Å². The smallest absolute Gasteiger partial charge is 0.282 e. The van der Waals surface area contributed by atoms with Gasteiger partial charge in [-0.3, -0.25) is 10.1 Å². The van der Waals surface area contributed by atoms with Gasteiger partial charge >= 0.3 is 0 Å². The number of thioether (sulfide) groups is 1. The summed E-state index contributed by atoms with van der Waals surface area (Å²) in [5.74, 6) is 6.47. The van der Waals surface area contributed by atoms with Crippen molar-refractivity contribution >= 4 is 28.8 Å². The summed E-state index contributed by atoms with van der Waals surface area (Å²) in [4.78, 5) is 12.4. The lowest BCUT2D eigenvalue weighted by atomic mass is 10.3. The molecule has 102 valence electrons. The van der Waals surface area contributed by atoms with Crippen molar-refractivity contribution in [1.29, 1.82) is 0 Å². The third kappa shape index (κ3) is 3.84. The van der Waals surface area contributed by atoms with Crippen LogP contribution in [0.25, 0.3) is 0 Å². The molecule has 1 heterocycles. The van der Waals surface area contributed by atoms with Crippen LogP contribution in [-0.2, 0) is 5.75 Å². The third-order valence-electron chi connectivity index (χ3n) is 2.42. The zero-order valence-electron chi connectivity index (χ0n) is 10.5. The molecule has 1 aromatic heterocycles. The second-order valence-corrected chi connectivity index (χ2v) is 5.83. The number of para-hydroxylation sites is 1. The van der Waals surface area contributed by atoms with E-state index in [4.69, 9.17) is 5.73 Å². The number of thiophene rings is 1. The van der Waals surface area contributed by atoms with Gasteiger partial charge in [0.05, 0.1) is 16.4 Å². The van der Waals surface area contributed by atoms with Gasteiger partial charge in [-0.05, 0) is 12.1 Å². The Bertz CT molecular complexity index is 671. The summed E-state index contributed by atoms with van der Waals surface area (Å²) in [6, 6.07) is 8.77. The van der Waals surface area contributed by atoms with E-state index in [1.54, 1.807) is 23.5 Å². The first-order valence-corrected chi connectivity index (χ1v) is 7.70. The van der Waals surface area contributed by atoms with Gasteiger partial charge in [-0.15, -0.1) is 23.1 Å². The van der Waals surface area contributed by atoms with Gasteiger partial charge in [0.15, 0.2) is 0 Å². The highest BCUT2D eigenvalue weighted by atomic mass is 32.2. The molecule has 0 fully saturated rings. The van der Waals surface area contributed by atoms with Gasteiger partial charge in [0, 0.05) is 27.6 Å². The molecule has 0 saturated heterocycles. The van der Waals surface area contributed by atoms with Gasteiger partial charge in [0.25, 0.3) is 5.69 Å². The van der Waals surface area contributed by atoms with Crippen molar-refractivity contribution in [2.45, 2.75) is 10.6 Å². The van der Waals surface area contributed by atoms with Gasteiger partial charge in [-0.2, -0.15) is 0 Å². The first kappa shape index (κ1) is 14.6. The molecular formula is C14H12N2O2S2. The predicted octanol–water partition coefficient (Wildman–Crippen LogP) is 3.26. The Balaban J connectivity index is 2.05. The maximum atomic E-state index is 10.9. The summed E-state index contributed by atoms with van der Waals surface area (Å²) in [6.07, 6.45) is 0. The van der Waals surface area contributed by atoms with Crippen LogP contribution in [0.3, 0.4) is 0 Å². The molecule has 0 saturated carbocycles. The van der Waals surface area contributed by atoms with Crippen LogP contribution in [0.15, 0.2) is 40.6 Å². The maximum Gasteiger partial charge on any atom is 0.282 e. The van der Waals surface area contributed by atoms with Crippen LogP contribution in [0.5, 0.6) is 0 Å². The molecule has 0 amide bonds. The fraction of sp³-hybridized carbons (Fsp3) is 0.143. The fourth-order valence-electron chi connectivity index (χ4n) is 1.55. The van der Waals surface area contributed by atoms with E-state index in [-0.39, 0.29) is 10.6 Å². The maximum absolute atomic E-state index is 10.9. The summed E-state index contributed by atoms with van der Waals surface area (Å²) in [6.45, 7) is 0.343. The van der Waals surface area contributed by atoms with Crippen molar-refractivity contribution in [1.82, 2.24) is 0 Å². The largest absolute Gasteiger partial charge is 0.320 e. The lowest BCUT2D eigenvalue weighted by Gasteiger charge is -2.00. The molecule has 0 spiro atoms. The zero-order chi connectivity index (χ0) is 14.4. The number of hydrogen-bond donors (Lipinski definition) is 1. The molecule has 0 unspecified atom stereocenters. The van der Waals surface area contributed by atoms with Crippen molar-refractivity contribution in [2.75, 3.05) is 6.54 Å². The average molecular weight is 304 g/mol. The molecule has 0 atom stereocenters. The van der Waals surface area contributed by atoms with Crippen LogP contribution in [-0.4, -0.2) is 11.5 Å². The molecule has 2 rings (SSSR count). The SMILES string of the molecule is NCC#Cc1csc(CSc2ccccc2[N+](=O)[O-])c1. The van der Waals surface area contributed by atoms with Gasteiger partial charge in [-0.25, -0.2) is 0 Å². The van der Waals surface area contributed by atoms with Gasteiger partial charge in [0.1, 0.15) is 0 Å². The van der Waals surface area contributed by atoms with Crippen molar-refractivity contribution in [3.63, 3.8) is 0 Å². The Labute approximate surface area is 125 Å². The highest BCUT2D eigenvalue weighted by Gasteiger charge is 2.12. The molecule has 2 aromatic rings. The minimum Gasteiger partial charge on any atom is -0.320 e. The molecule has 1 aromatic carbocycles. The van der Waals surface area contributed by atoms with Crippen molar-refractivity contribution in [2.24, 2.45) is 5.73 Å². The molecule has 0 bridgehead atoms. The molecule has 20 heavy (non-hydrogen) atoms. The molecule has 0 radical (unpaired) electrons. The third-order valence-corrected chi connectivity index (χ3v) is 4.65. The van der Waals surface area contributed by atoms with Crippen LogP contribution in [0.2, 0.25) is 0 Å². The Morgan fingerprint density at radius 2 is 2.20 bits per heavy atom. The number of nitro groups is 1. The number of rotatable bonds is 4. The van der Waals surface area contributed by atoms with E-state index in [0.717, 1.165) is 10.4 Å². The first-order chi connectivity index (χ1) is 9.70. The summed E-state index contributed by atoms with van der Waals surface area (Å²) < 4.78 is 0. The standard InChI is InChI=1S/C14H12N2O2S2/c15-7-3-4-11-8-12(19-9-11)10-20-14-6-2-1-5-13(14)16(17)18/h1-2,5-6,8-9H,7,10,15H2. The molecule has 0 aliphatic rings. The highest BCUT2D eigenvalue weighted by molar-refractivity contribution is 7.98. The molecule has 6 heteroatoms. The quantitative estimate of drug-likeness (QED) is 0.407. The van der Waals surface area contributed by atoms with E-state index in [9.17, 15) is 10.1 Å². The fourth-order valence-corrected chi connectivity index (χ4v) is 3.45. The van der Waals surface area contributed by atoms with E-state index >= 15 is 0 Å². The molecular weight excluding hydrogens is 292 g/mol. The monoisotopic (exact) mass is 304 g/mol. The minimum absolute atomic E-state index is 0.150. The molecule has 2 N–H and O–H groups in total. The van der Waals surface area contributed by atoms with E-state index < -0.39 is 0 Å². The van der Waals surface area contributed by atoms with Crippen molar-refractivity contribution in [3.05, 3.63) is 56.3 Å². The zero-order valence-corrected chi connectivity index (χ0v) is 12.2. The van der Waals surface area contributed by atoms with Crippen LogP contribution >= 0.6 is 23.1 Å². The van der Waals surface area contributed by atoms with Crippen molar-refractivity contribution < 1.29 is 4.92 Å². The van der Waals surface area contributed by atoms with Crippen LogP contribution < -0.4 is 5.73 Å². The molecule has 0 aliphatic heterocycles. The first-order valence-electron chi connectivity index (χ1n) is 5.83. The number of nitro benzene ring substituents is 1. The van der Waals surface area contributed by atoms with Gasteiger partial charge in [-0.1, -0.05) is 24.0 Å². The summed E-state index contributed by atoms with van der Waals surface area (Å²) in [5, 5.41) is 12.9. The average Bonchev–Trinajstić information content (AvgIpc) is 2.91. The summed E-state index contributed by atoms with van der Waals surface area (Å²) in [7, 11) is 0. The second kappa shape index (κ2) is 7.10. The highest BCUT2D eigenvalue weighted by Crippen LogP contribution is 2.32. The normalized spacial score (nSPS) is 9.85.